The van der Waals surface area contributed by atoms with E-state index in [1.165, 1.54) is 18.2 Å². The zero-order chi connectivity index (χ0) is 21.8. The van der Waals surface area contributed by atoms with E-state index in [0.29, 0.717) is 30.5 Å². The summed E-state index contributed by atoms with van der Waals surface area (Å²) in [4.78, 5) is 24.4. The van der Waals surface area contributed by atoms with Crippen LogP contribution in [-0.4, -0.2) is 35.6 Å². The van der Waals surface area contributed by atoms with Gasteiger partial charge in [-0.05, 0) is 49.6 Å². The number of benzene rings is 2. The molecule has 1 N–H and O–H groups in total. The molecule has 0 bridgehead atoms. The molecule has 3 aromatic rings. The van der Waals surface area contributed by atoms with E-state index < -0.39 is 5.82 Å². The predicted molar refractivity (Wildman–Crippen MR) is 120 cm³/mol. The van der Waals surface area contributed by atoms with Crippen molar-refractivity contribution in [1.29, 1.82) is 0 Å². The van der Waals surface area contributed by atoms with Crippen LogP contribution >= 0.6 is 11.6 Å². The third-order valence-corrected chi connectivity index (χ3v) is 5.53. The maximum absolute atomic E-state index is 13.4. The van der Waals surface area contributed by atoms with E-state index in [9.17, 15) is 9.18 Å². The first-order chi connectivity index (χ1) is 15.0. The molecule has 6 nitrogen and oxygen atoms in total. The van der Waals surface area contributed by atoms with Crippen LogP contribution < -0.4 is 15.0 Å². The molecule has 1 aliphatic rings. The molecule has 0 spiro atoms. The first kappa shape index (κ1) is 21.3. The monoisotopic (exact) mass is 442 g/mol. The maximum atomic E-state index is 13.4. The van der Waals surface area contributed by atoms with Gasteiger partial charge in [0, 0.05) is 18.8 Å². The lowest BCUT2D eigenvalue weighted by Crippen LogP contribution is -2.41. The summed E-state index contributed by atoms with van der Waals surface area (Å²) in [6, 6.07) is 11.8. The summed E-state index contributed by atoms with van der Waals surface area (Å²) in [5, 5.41) is 2.83. The van der Waals surface area contributed by atoms with Crippen molar-refractivity contribution in [3.63, 3.8) is 0 Å². The summed E-state index contributed by atoms with van der Waals surface area (Å²) in [6.45, 7) is 3.85. The molecule has 31 heavy (non-hydrogen) atoms. The fourth-order valence-corrected chi connectivity index (χ4v) is 3.86. The highest BCUT2D eigenvalue weighted by atomic mass is 35.5. The van der Waals surface area contributed by atoms with Gasteiger partial charge in [0.1, 0.15) is 5.82 Å². The van der Waals surface area contributed by atoms with E-state index in [4.69, 9.17) is 21.3 Å². The molecule has 0 aliphatic carbocycles. The summed E-state index contributed by atoms with van der Waals surface area (Å²) in [5.74, 6) is 0.265. The van der Waals surface area contributed by atoms with Gasteiger partial charge in [0.2, 0.25) is 5.91 Å². The molecule has 2 aromatic carbocycles. The maximum Gasteiger partial charge on any atom is 0.258 e. The van der Waals surface area contributed by atoms with Gasteiger partial charge >= 0.3 is 0 Å². The van der Waals surface area contributed by atoms with Crippen LogP contribution in [0.2, 0.25) is 5.02 Å². The van der Waals surface area contributed by atoms with Gasteiger partial charge in [-0.2, -0.15) is 0 Å². The number of fused-ring (bicyclic) bond motifs is 1. The Morgan fingerprint density at radius 1 is 1.26 bits per heavy atom. The van der Waals surface area contributed by atoms with Crippen molar-refractivity contribution in [1.82, 2.24) is 9.97 Å². The average Bonchev–Trinajstić information content (AvgIpc) is 2.79. The van der Waals surface area contributed by atoms with Crippen molar-refractivity contribution in [3.8, 4) is 5.88 Å². The topological polar surface area (TPSA) is 67.4 Å². The van der Waals surface area contributed by atoms with Crippen molar-refractivity contribution >= 4 is 40.0 Å². The van der Waals surface area contributed by atoms with Crippen LogP contribution in [0.3, 0.4) is 0 Å². The second-order valence-corrected chi connectivity index (χ2v) is 8.00. The summed E-state index contributed by atoms with van der Waals surface area (Å²) >= 11 is 5.83. The molecular weight excluding hydrogens is 419 g/mol. The Hall–Kier alpha value is -2.93. The van der Waals surface area contributed by atoms with Crippen molar-refractivity contribution in [2.75, 3.05) is 29.9 Å². The molecule has 1 aromatic heterocycles. The molecule has 0 saturated carbocycles. The number of halogens is 2. The summed E-state index contributed by atoms with van der Waals surface area (Å²) in [7, 11) is 0. The first-order valence-corrected chi connectivity index (χ1v) is 10.8. The number of piperidine rings is 1. The second kappa shape index (κ2) is 9.47. The summed E-state index contributed by atoms with van der Waals surface area (Å²) in [5.41, 5.74) is 2.04. The highest BCUT2D eigenvalue weighted by Gasteiger charge is 2.29. The number of nitrogens with one attached hydrogen (secondary N) is 1. The largest absolute Gasteiger partial charge is 0.475 e. The molecule has 1 amide bonds. The van der Waals surface area contributed by atoms with Crippen molar-refractivity contribution in [2.45, 2.75) is 26.2 Å². The molecule has 1 saturated heterocycles. The molecule has 0 unspecified atom stereocenters. The average molecular weight is 443 g/mol. The third-order valence-electron chi connectivity index (χ3n) is 5.24. The Morgan fingerprint density at radius 2 is 2.03 bits per heavy atom. The minimum Gasteiger partial charge on any atom is -0.475 e. The van der Waals surface area contributed by atoms with E-state index in [0.717, 1.165) is 36.8 Å². The molecular formula is C23H24ClFN4O2. The molecule has 0 radical (unpaired) electrons. The number of amides is 1. The number of aromatic nitrogens is 2. The number of hydrogen-bond donors (Lipinski definition) is 1. The number of para-hydroxylation sites is 2. The normalized spacial score (nSPS) is 16.4. The molecule has 8 heteroatoms. The minimum atomic E-state index is -0.516. The standard InChI is InChI=1S/C23H24ClFN4O2/c1-2-12-31-23-21(27-19-7-3-4-8-20(19)28-23)29-11-5-6-15(14-29)22(30)26-16-9-10-18(25)17(24)13-16/h3-4,7-10,13,15H,2,5-6,11-12,14H2,1H3,(H,26,30)/t15-/m0/s1. The van der Waals surface area contributed by atoms with E-state index in [1.54, 1.807) is 0 Å². The van der Waals surface area contributed by atoms with Gasteiger partial charge in [0.25, 0.3) is 5.88 Å². The lowest BCUT2D eigenvalue weighted by molar-refractivity contribution is -0.120. The van der Waals surface area contributed by atoms with E-state index in [1.807, 2.05) is 31.2 Å². The molecule has 1 aliphatic heterocycles. The highest BCUT2D eigenvalue weighted by Crippen LogP contribution is 2.31. The summed E-state index contributed by atoms with van der Waals surface area (Å²) < 4.78 is 19.3. The lowest BCUT2D eigenvalue weighted by Gasteiger charge is -2.33. The van der Waals surface area contributed by atoms with Crippen molar-refractivity contribution in [3.05, 3.63) is 53.3 Å². The Balaban J connectivity index is 1.55. The van der Waals surface area contributed by atoms with Gasteiger partial charge in [-0.3, -0.25) is 4.79 Å². The first-order valence-electron chi connectivity index (χ1n) is 10.5. The van der Waals surface area contributed by atoms with Crippen molar-refractivity contribution < 1.29 is 13.9 Å². The molecule has 1 fully saturated rings. The fraction of sp³-hybridized carbons (Fsp3) is 0.348. The van der Waals surface area contributed by atoms with Crippen molar-refractivity contribution in [2.24, 2.45) is 5.92 Å². The Bertz CT molecular complexity index is 1090. The summed E-state index contributed by atoms with van der Waals surface area (Å²) in [6.07, 6.45) is 2.45. The minimum absolute atomic E-state index is 0.0211. The molecule has 4 rings (SSSR count). The number of ether oxygens (including phenoxy) is 1. The zero-order valence-corrected chi connectivity index (χ0v) is 18.0. The molecule has 2 heterocycles. The lowest BCUT2D eigenvalue weighted by atomic mass is 9.97. The SMILES string of the molecule is CCCOc1nc2ccccc2nc1N1CCC[C@H](C(=O)Nc2ccc(F)c(Cl)c2)C1. The number of nitrogens with zero attached hydrogens (tertiary/aromatic N) is 3. The second-order valence-electron chi connectivity index (χ2n) is 7.59. The molecule has 1 atom stereocenters. The number of hydrogen-bond acceptors (Lipinski definition) is 5. The van der Waals surface area contributed by atoms with E-state index in [-0.39, 0.29) is 16.8 Å². The predicted octanol–water partition coefficient (Wildman–Crippen LogP) is 5.07. The van der Waals surface area contributed by atoms with Crippen LogP contribution in [0.4, 0.5) is 15.9 Å². The van der Waals surface area contributed by atoms with Crippen LogP contribution in [0.5, 0.6) is 5.88 Å². The Kier molecular flexibility index (Phi) is 6.51. The highest BCUT2D eigenvalue weighted by molar-refractivity contribution is 6.31. The van der Waals surface area contributed by atoms with Crippen LogP contribution in [0.25, 0.3) is 11.0 Å². The van der Waals surface area contributed by atoms with E-state index >= 15 is 0 Å². The quantitative estimate of drug-likeness (QED) is 0.577. The van der Waals surface area contributed by atoms with Gasteiger partial charge in [0.05, 0.1) is 28.6 Å². The van der Waals surface area contributed by atoms with Crippen LogP contribution in [0.15, 0.2) is 42.5 Å². The number of carbonyl (C=O) groups excluding carboxylic acids is 1. The van der Waals surface area contributed by atoms with Crippen LogP contribution in [0, 0.1) is 11.7 Å². The van der Waals surface area contributed by atoms with Crippen LogP contribution in [0.1, 0.15) is 26.2 Å². The number of anilines is 2. The fourth-order valence-electron chi connectivity index (χ4n) is 3.68. The van der Waals surface area contributed by atoms with Gasteiger partial charge < -0.3 is 15.0 Å². The number of rotatable bonds is 6. The van der Waals surface area contributed by atoms with Gasteiger partial charge in [-0.1, -0.05) is 30.7 Å². The van der Waals surface area contributed by atoms with E-state index in [2.05, 4.69) is 15.2 Å². The number of carbonyl (C=O) groups is 1. The zero-order valence-electron chi connectivity index (χ0n) is 17.3. The third kappa shape index (κ3) is 4.88. The molecule has 162 valence electrons. The smallest absolute Gasteiger partial charge is 0.258 e. The Labute approximate surface area is 185 Å². The van der Waals surface area contributed by atoms with Gasteiger partial charge in [0.15, 0.2) is 5.82 Å². The Morgan fingerprint density at radius 3 is 2.77 bits per heavy atom. The van der Waals surface area contributed by atoms with Gasteiger partial charge in [-0.25, -0.2) is 14.4 Å². The van der Waals surface area contributed by atoms with Crippen LogP contribution in [-0.2, 0) is 4.79 Å². The van der Waals surface area contributed by atoms with Gasteiger partial charge in [-0.15, -0.1) is 0 Å².